The van der Waals surface area contributed by atoms with E-state index >= 15 is 0 Å². The topological polar surface area (TPSA) is 89.2 Å². The minimum Gasteiger partial charge on any atom is -0.361 e. The summed E-state index contributed by atoms with van der Waals surface area (Å²) in [5.74, 6) is 1.58. The number of nitrogens with zero attached hydrogens (tertiary/aromatic N) is 2. The van der Waals surface area contributed by atoms with E-state index < -0.39 is 0 Å². The Morgan fingerprint density at radius 3 is 3.07 bits per heavy atom. The summed E-state index contributed by atoms with van der Waals surface area (Å²) < 4.78 is 7.14. The molecule has 7 nitrogen and oxygen atoms in total. The van der Waals surface area contributed by atoms with Gasteiger partial charge >= 0.3 is 0 Å². The maximum absolute atomic E-state index is 12.5. The van der Waals surface area contributed by atoms with E-state index in [-0.39, 0.29) is 17.5 Å². The second-order valence-corrected chi connectivity index (χ2v) is 8.06. The summed E-state index contributed by atoms with van der Waals surface area (Å²) in [4.78, 5) is 25.0. The number of hydrogen-bond acceptors (Lipinski definition) is 5. The zero-order valence-electron chi connectivity index (χ0n) is 15.8. The van der Waals surface area contributed by atoms with E-state index in [1.54, 1.807) is 12.1 Å². The number of carbonyl (C=O) groups is 1. The molecule has 2 N–H and O–H groups in total. The van der Waals surface area contributed by atoms with Crippen LogP contribution in [0.2, 0.25) is 0 Å². The van der Waals surface area contributed by atoms with Gasteiger partial charge in [0.25, 0.3) is 11.5 Å². The van der Waals surface area contributed by atoms with Gasteiger partial charge < -0.3 is 19.7 Å². The number of pyridine rings is 1. The van der Waals surface area contributed by atoms with Gasteiger partial charge in [-0.3, -0.25) is 9.59 Å². The Morgan fingerprint density at radius 2 is 2.26 bits per heavy atom. The summed E-state index contributed by atoms with van der Waals surface area (Å²) in [6.07, 6.45) is 1.79. The predicted octanol–water partition coefficient (Wildman–Crippen LogP) is 1.71. The predicted molar refractivity (Wildman–Crippen MR) is 101 cm³/mol. The van der Waals surface area contributed by atoms with E-state index in [0.717, 1.165) is 31.6 Å². The third kappa shape index (κ3) is 3.56. The third-order valence-electron chi connectivity index (χ3n) is 5.57. The molecule has 0 aromatic carbocycles. The lowest BCUT2D eigenvalue weighted by Crippen LogP contribution is -2.50. The smallest absolute Gasteiger partial charge is 0.273 e. The molecule has 144 valence electrons. The molecular formula is C20H26N4O3. The van der Waals surface area contributed by atoms with Crippen molar-refractivity contribution in [1.82, 2.24) is 20.4 Å². The first-order chi connectivity index (χ1) is 13.0. The van der Waals surface area contributed by atoms with Crippen LogP contribution in [0.5, 0.6) is 0 Å². The van der Waals surface area contributed by atoms with Crippen LogP contribution in [-0.4, -0.2) is 35.3 Å². The second-order valence-electron chi connectivity index (χ2n) is 8.06. The average molecular weight is 370 g/mol. The van der Waals surface area contributed by atoms with E-state index in [1.807, 2.05) is 16.7 Å². The molecule has 1 fully saturated rings. The molecule has 7 heteroatoms. The number of carbonyl (C=O) groups excluding carboxylic acids is 1. The highest BCUT2D eigenvalue weighted by atomic mass is 16.5. The van der Waals surface area contributed by atoms with Crippen molar-refractivity contribution in [3.05, 3.63) is 51.8 Å². The van der Waals surface area contributed by atoms with Crippen LogP contribution < -0.4 is 16.2 Å². The van der Waals surface area contributed by atoms with Crippen molar-refractivity contribution in [1.29, 1.82) is 0 Å². The number of amides is 1. The number of piperidine rings is 1. The highest BCUT2D eigenvalue weighted by Crippen LogP contribution is 2.38. The Hall–Kier alpha value is -2.41. The summed E-state index contributed by atoms with van der Waals surface area (Å²) in [5.41, 5.74) is 1.36. The number of aromatic nitrogens is 2. The van der Waals surface area contributed by atoms with Crippen LogP contribution in [-0.2, 0) is 6.42 Å². The van der Waals surface area contributed by atoms with E-state index in [0.29, 0.717) is 35.8 Å². The molecule has 1 amide bonds. The zero-order chi connectivity index (χ0) is 19.0. The summed E-state index contributed by atoms with van der Waals surface area (Å²) in [6, 6.07) is 7.10. The van der Waals surface area contributed by atoms with Crippen molar-refractivity contribution in [3.8, 4) is 0 Å². The minimum atomic E-state index is -0.259. The second kappa shape index (κ2) is 7.31. The molecule has 0 spiro atoms. The number of fused-ring (bicyclic) bond motifs is 4. The highest BCUT2D eigenvalue weighted by Gasteiger charge is 2.37. The van der Waals surface area contributed by atoms with Gasteiger partial charge in [-0.05, 0) is 24.3 Å². The van der Waals surface area contributed by atoms with Gasteiger partial charge in [0.15, 0.2) is 5.69 Å². The molecule has 2 bridgehead atoms. The maximum Gasteiger partial charge on any atom is 0.273 e. The Labute approximate surface area is 158 Å². The van der Waals surface area contributed by atoms with Crippen molar-refractivity contribution in [2.45, 2.75) is 38.6 Å². The van der Waals surface area contributed by atoms with Gasteiger partial charge in [-0.2, -0.15) is 0 Å². The molecular weight excluding hydrogens is 344 g/mol. The van der Waals surface area contributed by atoms with Crippen LogP contribution in [0.25, 0.3) is 0 Å². The summed E-state index contributed by atoms with van der Waals surface area (Å²) in [7, 11) is 0. The molecule has 4 heterocycles. The molecule has 0 unspecified atom stereocenters. The quantitative estimate of drug-likeness (QED) is 0.836. The number of rotatable bonds is 5. The van der Waals surface area contributed by atoms with E-state index in [1.165, 1.54) is 0 Å². The van der Waals surface area contributed by atoms with Gasteiger partial charge in [0.1, 0.15) is 5.76 Å². The van der Waals surface area contributed by atoms with Gasteiger partial charge in [0.2, 0.25) is 0 Å². The van der Waals surface area contributed by atoms with E-state index in [9.17, 15) is 9.59 Å². The van der Waals surface area contributed by atoms with Crippen molar-refractivity contribution in [3.63, 3.8) is 0 Å². The minimum absolute atomic E-state index is 0.00371. The van der Waals surface area contributed by atoms with Crippen molar-refractivity contribution >= 4 is 5.91 Å². The summed E-state index contributed by atoms with van der Waals surface area (Å²) in [6.45, 7) is 6.34. The number of hydrogen-bond donors (Lipinski definition) is 2. The first-order valence-corrected chi connectivity index (χ1v) is 9.69. The monoisotopic (exact) mass is 370 g/mol. The summed E-state index contributed by atoms with van der Waals surface area (Å²) in [5, 5.41) is 10.3. The SMILES string of the molecule is CC(C)Cc1cc(C(=O)NC[C@H]2[C@@H]3CNC[C@@H](C3)c3cccc(=O)n32)no1. The normalized spacial score (nSPS) is 23.9. The van der Waals surface area contributed by atoms with Crippen LogP contribution in [0, 0.1) is 11.8 Å². The molecule has 1 saturated heterocycles. The van der Waals surface area contributed by atoms with Crippen LogP contribution in [0.1, 0.15) is 54.2 Å². The van der Waals surface area contributed by atoms with Crippen molar-refractivity contribution in [2.24, 2.45) is 11.8 Å². The maximum atomic E-state index is 12.5. The van der Waals surface area contributed by atoms with Crippen LogP contribution in [0.4, 0.5) is 0 Å². The first-order valence-electron chi connectivity index (χ1n) is 9.69. The molecule has 0 aliphatic carbocycles. The number of nitrogens with one attached hydrogen (secondary N) is 2. The molecule has 2 aromatic heterocycles. The van der Waals surface area contributed by atoms with Gasteiger partial charge in [0.05, 0.1) is 6.04 Å². The Morgan fingerprint density at radius 1 is 1.41 bits per heavy atom. The standard InChI is InChI=1S/C20H26N4O3/c1-12(2)6-15-8-16(23-27-15)20(26)22-11-18-14-7-13(9-21-10-14)17-4-3-5-19(25)24(17)18/h3-5,8,12-14,18,21H,6-7,9-11H2,1-2H3,(H,22,26)/t13-,14+,18+/m1/s1. The zero-order valence-corrected chi connectivity index (χ0v) is 15.8. The first kappa shape index (κ1) is 18.0. The molecule has 2 aromatic rings. The lowest BCUT2D eigenvalue weighted by molar-refractivity contribution is 0.0923. The van der Waals surface area contributed by atoms with E-state index in [4.69, 9.17) is 4.52 Å². The Balaban J connectivity index is 1.51. The highest BCUT2D eigenvalue weighted by molar-refractivity contribution is 5.92. The third-order valence-corrected chi connectivity index (χ3v) is 5.57. The van der Waals surface area contributed by atoms with Gasteiger partial charge in [-0.25, -0.2) is 0 Å². The van der Waals surface area contributed by atoms with Crippen LogP contribution >= 0.6 is 0 Å². The largest absolute Gasteiger partial charge is 0.361 e. The average Bonchev–Trinajstić information content (AvgIpc) is 3.10. The van der Waals surface area contributed by atoms with Crippen molar-refractivity contribution in [2.75, 3.05) is 19.6 Å². The molecule has 0 saturated carbocycles. The lowest BCUT2D eigenvalue weighted by Gasteiger charge is -2.43. The van der Waals surface area contributed by atoms with Gasteiger partial charge in [-0.1, -0.05) is 25.1 Å². The van der Waals surface area contributed by atoms with Gasteiger partial charge in [-0.15, -0.1) is 0 Å². The molecule has 2 aliphatic rings. The molecule has 4 rings (SSSR count). The fraction of sp³-hybridized carbons (Fsp3) is 0.550. The lowest BCUT2D eigenvalue weighted by atomic mass is 9.79. The van der Waals surface area contributed by atoms with Crippen LogP contribution in [0.3, 0.4) is 0 Å². The summed E-state index contributed by atoms with van der Waals surface area (Å²) >= 11 is 0. The van der Waals surface area contributed by atoms with Gasteiger partial charge in [0, 0.05) is 49.8 Å². The van der Waals surface area contributed by atoms with E-state index in [2.05, 4.69) is 29.6 Å². The fourth-order valence-electron chi connectivity index (χ4n) is 4.37. The Bertz CT molecular complexity index is 885. The molecule has 2 aliphatic heterocycles. The molecule has 27 heavy (non-hydrogen) atoms. The Kier molecular flexibility index (Phi) is 4.86. The fourth-order valence-corrected chi connectivity index (χ4v) is 4.37. The van der Waals surface area contributed by atoms with Crippen molar-refractivity contribution < 1.29 is 9.32 Å². The molecule has 0 radical (unpaired) electrons. The van der Waals surface area contributed by atoms with Crippen LogP contribution in [0.15, 0.2) is 33.6 Å². The molecule has 3 atom stereocenters.